The molecule has 0 unspecified atom stereocenters. The Hall–Kier alpha value is -4.46. The fourth-order valence-corrected chi connectivity index (χ4v) is 4.78. The number of carbonyl (C=O) groups is 1. The number of fused-ring (bicyclic) bond motifs is 2. The van der Waals surface area contributed by atoms with E-state index in [2.05, 4.69) is 15.4 Å². The van der Waals surface area contributed by atoms with Gasteiger partial charge in [0.25, 0.3) is 0 Å². The zero-order chi connectivity index (χ0) is 28.1. The van der Waals surface area contributed by atoms with E-state index in [1.165, 1.54) is 0 Å². The molecule has 2 aromatic carbocycles. The fraction of sp³-hybridized carbons (Fsp3) is 0.290. The number of ether oxygens (including phenoxy) is 1. The third-order valence-corrected chi connectivity index (χ3v) is 6.51. The largest absolute Gasteiger partial charge is 0.455 e. The van der Waals surface area contributed by atoms with Gasteiger partial charge in [0.15, 0.2) is 11.1 Å². The lowest BCUT2D eigenvalue weighted by molar-refractivity contribution is 0.00640. The van der Waals surface area contributed by atoms with Crippen LogP contribution in [0, 0.1) is 13.8 Å². The molecule has 0 aliphatic carbocycles. The minimum atomic E-state index is -0.652. The van der Waals surface area contributed by atoms with Crippen molar-refractivity contribution in [2.75, 3.05) is 5.32 Å². The molecule has 0 saturated carbocycles. The summed E-state index contributed by atoms with van der Waals surface area (Å²) in [5.41, 5.74) is 4.44. The second kappa shape index (κ2) is 9.69. The average molecular weight is 525 g/mol. The van der Waals surface area contributed by atoms with Crippen LogP contribution in [0.15, 0.2) is 64.1 Å². The van der Waals surface area contributed by atoms with Crippen LogP contribution in [0.25, 0.3) is 33.2 Å². The molecule has 5 aromatic rings. The summed E-state index contributed by atoms with van der Waals surface area (Å²) in [4.78, 5) is 30.7. The van der Waals surface area contributed by atoms with Crippen LogP contribution in [0.2, 0.25) is 0 Å². The van der Waals surface area contributed by atoms with Crippen LogP contribution in [0.1, 0.15) is 60.9 Å². The van der Waals surface area contributed by atoms with Gasteiger partial charge in [0, 0.05) is 41.5 Å². The number of aromatic nitrogens is 3. The summed E-state index contributed by atoms with van der Waals surface area (Å²) < 4.78 is 13.8. The lowest BCUT2D eigenvalue weighted by atomic mass is 9.98. The Morgan fingerprint density at radius 2 is 1.90 bits per heavy atom. The quantitative estimate of drug-likeness (QED) is 0.262. The molecule has 3 heterocycles. The molecule has 0 amide bonds. The number of anilines is 1. The molecule has 0 aliphatic heterocycles. The zero-order valence-electron chi connectivity index (χ0n) is 23.2. The van der Waals surface area contributed by atoms with Gasteiger partial charge < -0.3 is 14.5 Å². The van der Waals surface area contributed by atoms with Gasteiger partial charge in [-0.2, -0.15) is 5.10 Å². The number of nitrogens with one attached hydrogen (secondary N) is 1. The van der Waals surface area contributed by atoms with E-state index in [4.69, 9.17) is 9.15 Å². The second-order valence-corrected chi connectivity index (χ2v) is 11.0. The molecular weight excluding hydrogens is 492 g/mol. The van der Waals surface area contributed by atoms with Crippen molar-refractivity contribution in [2.24, 2.45) is 7.05 Å². The first-order valence-corrected chi connectivity index (χ1v) is 12.9. The van der Waals surface area contributed by atoms with Gasteiger partial charge >= 0.3 is 5.97 Å². The number of carbonyl (C=O) groups excluding carboxylic acids is 1. The molecule has 0 spiro atoms. The van der Waals surface area contributed by atoms with E-state index < -0.39 is 11.6 Å². The molecule has 5 rings (SSSR count). The summed E-state index contributed by atoms with van der Waals surface area (Å²) in [6, 6.07) is 12.9. The lowest BCUT2D eigenvalue weighted by Crippen LogP contribution is -2.25. The van der Waals surface area contributed by atoms with Crippen molar-refractivity contribution in [1.82, 2.24) is 14.8 Å². The number of rotatable bonds is 5. The van der Waals surface area contributed by atoms with E-state index in [9.17, 15) is 9.59 Å². The Bertz CT molecular complexity index is 1790. The van der Waals surface area contributed by atoms with Crippen molar-refractivity contribution < 1.29 is 13.9 Å². The van der Waals surface area contributed by atoms with Crippen LogP contribution in [-0.2, 0) is 11.8 Å². The number of hydrogen-bond acceptors (Lipinski definition) is 7. The van der Waals surface area contributed by atoms with Gasteiger partial charge in [-0.25, -0.2) is 9.78 Å². The molecule has 1 atom stereocenters. The maximum atomic E-state index is 13.6. The average Bonchev–Trinajstić information content (AvgIpc) is 3.24. The molecule has 200 valence electrons. The predicted molar refractivity (Wildman–Crippen MR) is 153 cm³/mol. The van der Waals surface area contributed by atoms with Crippen molar-refractivity contribution in [3.63, 3.8) is 0 Å². The maximum Gasteiger partial charge on any atom is 0.359 e. The molecule has 0 aliphatic rings. The van der Waals surface area contributed by atoms with Gasteiger partial charge in [0.2, 0.25) is 0 Å². The van der Waals surface area contributed by atoms with Crippen molar-refractivity contribution >= 4 is 33.5 Å². The number of hydrogen-bond donors (Lipinski definition) is 1. The van der Waals surface area contributed by atoms with E-state index in [1.807, 2.05) is 78.2 Å². The Morgan fingerprint density at radius 3 is 2.64 bits per heavy atom. The minimum Gasteiger partial charge on any atom is -0.455 e. The maximum absolute atomic E-state index is 13.6. The molecule has 0 fully saturated rings. The first-order chi connectivity index (χ1) is 18.4. The van der Waals surface area contributed by atoms with Crippen molar-refractivity contribution in [3.05, 3.63) is 87.5 Å². The summed E-state index contributed by atoms with van der Waals surface area (Å²) in [6.07, 6.45) is 3.49. The summed E-state index contributed by atoms with van der Waals surface area (Å²) >= 11 is 0. The first kappa shape index (κ1) is 26.2. The van der Waals surface area contributed by atoms with Gasteiger partial charge in [-0.15, -0.1) is 0 Å². The Balaban J connectivity index is 1.61. The normalized spacial score (nSPS) is 12.6. The predicted octanol–water partition coefficient (Wildman–Crippen LogP) is 6.49. The van der Waals surface area contributed by atoms with Gasteiger partial charge in [-0.1, -0.05) is 6.07 Å². The van der Waals surface area contributed by atoms with E-state index in [1.54, 1.807) is 29.9 Å². The molecular formula is C31H32N4O4. The molecule has 1 N–H and O–H groups in total. The topological polar surface area (TPSA) is 99.2 Å². The van der Waals surface area contributed by atoms with Crippen LogP contribution < -0.4 is 10.7 Å². The highest BCUT2D eigenvalue weighted by Gasteiger charge is 2.24. The smallest absolute Gasteiger partial charge is 0.359 e. The molecule has 39 heavy (non-hydrogen) atoms. The molecule has 8 nitrogen and oxygen atoms in total. The third kappa shape index (κ3) is 5.14. The fourth-order valence-electron chi connectivity index (χ4n) is 4.78. The van der Waals surface area contributed by atoms with Crippen molar-refractivity contribution in [2.45, 2.75) is 53.2 Å². The Labute approximate surface area is 226 Å². The lowest BCUT2D eigenvalue weighted by Gasteiger charge is -2.22. The molecule has 0 radical (unpaired) electrons. The van der Waals surface area contributed by atoms with Crippen molar-refractivity contribution in [1.29, 1.82) is 0 Å². The molecule has 0 saturated heterocycles. The monoisotopic (exact) mass is 524 g/mol. The highest BCUT2D eigenvalue weighted by molar-refractivity contribution is 5.94. The van der Waals surface area contributed by atoms with Gasteiger partial charge in [0.1, 0.15) is 16.9 Å². The van der Waals surface area contributed by atoms with Crippen LogP contribution >= 0.6 is 0 Å². The van der Waals surface area contributed by atoms with E-state index in [0.717, 1.165) is 27.6 Å². The number of aryl methyl sites for hydroxylation is 2. The molecule has 3 aromatic heterocycles. The summed E-state index contributed by atoms with van der Waals surface area (Å²) in [7, 11) is 1.88. The van der Waals surface area contributed by atoms with E-state index >= 15 is 0 Å². The van der Waals surface area contributed by atoms with Crippen LogP contribution in [0.3, 0.4) is 0 Å². The summed E-state index contributed by atoms with van der Waals surface area (Å²) in [5.74, 6) is 0.00788. The molecule has 8 heteroatoms. The number of benzene rings is 2. The number of esters is 1. The van der Waals surface area contributed by atoms with Crippen molar-refractivity contribution in [3.8, 4) is 11.3 Å². The standard InChI is InChI=1S/C31H32N4O4/c1-17-13-22(19(3)33-25-9-8-12-32-26(25)30(37)39-31(4,5)6)29-23(14-17)27(36)18(2)28(38-29)20-10-11-24-21(15-20)16-35(7)34-24/h8-16,19,33H,1-7H3/t19-/m1/s1. The Morgan fingerprint density at radius 1 is 1.13 bits per heavy atom. The van der Waals surface area contributed by atoms with Gasteiger partial charge in [-0.3, -0.25) is 9.48 Å². The summed E-state index contributed by atoms with van der Waals surface area (Å²) in [5, 5.41) is 9.31. The Kier molecular flexibility index (Phi) is 6.50. The number of nitrogens with zero attached hydrogens (tertiary/aromatic N) is 3. The number of pyridine rings is 1. The second-order valence-electron chi connectivity index (χ2n) is 11.0. The first-order valence-electron chi connectivity index (χ1n) is 12.9. The molecule has 0 bridgehead atoms. The van der Waals surface area contributed by atoms with E-state index in [-0.39, 0.29) is 17.2 Å². The van der Waals surface area contributed by atoms with Gasteiger partial charge in [0.05, 0.1) is 22.6 Å². The third-order valence-electron chi connectivity index (χ3n) is 6.51. The highest BCUT2D eigenvalue weighted by atomic mass is 16.6. The SMILES string of the molecule is Cc1cc([C@@H](C)Nc2cccnc2C(=O)OC(C)(C)C)c2oc(-c3ccc4nn(C)cc4c3)c(C)c(=O)c2c1. The van der Waals surface area contributed by atoms with Crippen LogP contribution in [-0.4, -0.2) is 26.3 Å². The van der Waals surface area contributed by atoms with Crippen LogP contribution in [0.4, 0.5) is 5.69 Å². The van der Waals surface area contributed by atoms with E-state index in [0.29, 0.717) is 28.0 Å². The zero-order valence-corrected chi connectivity index (χ0v) is 23.2. The van der Waals surface area contributed by atoms with Gasteiger partial charge in [-0.05, 0) is 83.5 Å². The highest BCUT2D eigenvalue weighted by Crippen LogP contribution is 2.33. The van der Waals surface area contributed by atoms with Crippen LogP contribution in [0.5, 0.6) is 0 Å². The minimum absolute atomic E-state index is 0.0782. The summed E-state index contributed by atoms with van der Waals surface area (Å²) in [6.45, 7) is 11.1.